The zero-order valence-corrected chi connectivity index (χ0v) is 61.3. The average molecular weight is 1340 g/mol. The van der Waals surface area contributed by atoms with Crippen molar-refractivity contribution in [3.63, 3.8) is 0 Å². The van der Waals surface area contributed by atoms with Crippen LogP contribution in [0.4, 0.5) is 0 Å². The Hall–Kier alpha value is -1.94. The van der Waals surface area contributed by atoms with Crippen molar-refractivity contribution in [2.24, 2.45) is 23.7 Å². The third kappa shape index (κ3) is 66.5. The van der Waals surface area contributed by atoms with Crippen LogP contribution in [0.2, 0.25) is 0 Å². The molecule has 3 N–H and O–H groups in total. The van der Waals surface area contributed by atoms with Crippen LogP contribution in [-0.2, 0) is 65.4 Å². The number of hydrogen-bond acceptors (Lipinski definition) is 15. The Morgan fingerprint density at radius 2 is 0.462 bits per heavy atom. The summed E-state index contributed by atoms with van der Waals surface area (Å²) >= 11 is 0. The van der Waals surface area contributed by atoms with Gasteiger partial charge in [0.05, 0.1) is 26.4 Å². The highest BCUT2D eigenvalue weighted by Crippen LogP contribution is 2.45. The lowest BCUT2D eigenvalue weighted by Crippen LogP contribution is -2.30. The van der Waals surface area contributed by atoms with Crippen molar-refractivity contribution in [1.29, 1.82) is 0 Å². The lowest BCUT2D eigenvalue weighted by molar-refractivity contribution is -0.161. The van der Waals surface area contributed by atoms with E-state index in [1.165, 1.54) is 161 Å². The summed E-state index contributed by atoms with van der Waals surface area (Å²) in [7, 11) is -9.91. The van der Waals surface area contributed by atoms with E-state index >= 15 is 0 Å². The molecule has 0 aliphatic rings. The smallest absolute Gasteiger partial charge is 0.462 e. The lowest BCUT2D eigenvalue weighted by atomic mass is 10.0. The van der Waals surface area contributed by atoms with Crippen molar-refractivity contribution >= 4 is 39.5 Å². The molecule has 91 heavy (non-hydrogen) atoms. The van der Waals surface area contributed by atoms with Gasteiger partial charge < -0.3 is 33.8 Å². The van der Waals surface area contributed by atoms with Crippen LogP contribution in [0.25, 0.3) is 0 Å². The van der Waals surface area contributed by atoms with Gasteiger partial charge in [0.25, 0.3) is 0 Å². The van der Waals surface area contributed by atoms with Gasteiger partial charge >= 0.3 is 39.5 Å². The van der Waals surface area contributed by atoms with E-state index in [4.69, 9.17) is 37.0 Å². The minimum Gasteiger partial charge on any atom is -0.462 e. The van der Waals surface area contributed by atoms with Gasteiger partial charge in [-0.05, 0) is 49.4 Å². The van der Waals surface area contributed by atoms with Crippen LogP contribution < -0.4 is 0 Å². The first-order valence-corrected chi connectivity index (χ1v) is 40.2. The third-order valence-electron chi connectivity index (χ3n) is 16.6. The van der Waals surface area contributed by atoms with Crippen molar-refractivity contribution in [1.82, 2.24) is 0 Å². The first kappa shape index (κ1) is 89.1. The second kappa shape index (κ2) is 61.6. The van der Waals surface area contributed by atoms with E-state index in [0.717, 1.165) is 114 Å². The van der Waals surface area contributed by atoms with Crippen molar-refractivity contribution in [2.75, 3.05) is 39.6 Å². The van der Waals surface area contributed by atoms with Crippen LogP contribution in [0.15, 0.2) is 0 Å². The first-order valence-electron chi connectivity index (χ1n) is 37.2. The van der Waals surface area contributed by atoms with Gasteiger partial charge in [0.1, 0.15) is 19.3 Å². The molecule has 0 saturated carbocycles. The lowest BCUT2D eigenvalue weighted by Gasteiger charge is -2.21. The van der Waals surface area contributed by atoms with Crippen LogP contribution in [-0.4, -0.2) is 96.7 Å². The normalized spacial score (nSPS) is 14.2. The standard InChI is InChI=1S/C72H140O17P2/c1-62(2)48-40-32-24-16-9-12-20-28-36-44-52-69(74)82-58-67(88-71(76)54-46-38-30-21-13-10-17-25-33-41-49-63(3)4)60-86-90(78,79)84-56-66(73)57-85-91(80,81)87-61-68(59-83-70(75)53-45-37-29-23-15-19-27-35-43-51-65(7)8)89-72(77)55-47-39-31-22-14-11-18-26-34-42-50-64(5)6/h62-68,73H,9-61H2,1-8H3,(H,78,79)(H,80,81)/t66-,67-,68-/m1/s1. The number of ether oxygens (including phenoxy) is 4. The highest BCUT2D eigenvalue weighted by molar-refractivity contribution is 7.47. The molecule has 0 heterocycles. The molecule has 0 radical (unpaired) electrons. The van der Waals surface area contributed by atoms with E-state index in [-0.39, 0.29) is 25.7 Å². The number of unbranched alkanes of at least 4 members (excludes halogenated alkanes) is 35. The number of aliphatic hydroxyl groups excluding tert-OH is 1. The second-order valence-corrected chi connectivity index (χ2v) is 30.8. The van der Waals surface area contributed by atoms with Crippen LogP contribution in [0.5, 0.6) is 0 Å². The molecule has 540 valence electrons. The van der Waals surface area contributed by atoms with Gasteiger partial charge in [-0.3, -0.25) is 37.3 Å². The molecule has 0 saturated heterocycles. The topological polar surface area (TPSA) is 237 Å². The minimum atomic E-state index is -4.95. The van der Waals surface area contributed by atoms with Gasteiger partial charge in [-0.25, -0.2) is 9.13 Å². The molecule has 19 heteroatoms. The number of carbonyl (C=O) groups is 4. The molecule has 17 nitrogen and oxygen atoms in total. The third-order valence-corrected chi connectivity index (χ3v) is 18.5. The van der Waals surface area contributed by atoms with Gasteiger partial charge in [0, 0.05) is 25.7 Å². The molecule has 0 aliphatic carbocycles. The molecular formula is C72H140O17P2. The molecule has 2 unspecified atom stereocenters. The van der Waals surface area contributed by atoms with E-state index in [1.54, 1.807) is 0 Å². The van der Waals surface area contributed by atoms with Crippen LogP contribution >= 0.6 is 15.6 Å². The fourth-order valence-corrected chi connectivity index (χ4v) is 12.4. The summed E-state index contributed by atoms with van der Waals surface area (Å²) in [5.74, 6) is 0.880. The van der Waals surface area contributed by atoms with Crippen molar-refractivity contribution in [3.8, 4) is 0 Å². The molecule has 0 aromatic heterocycles. The minimum absolute atomic E-state index is 0.105. The maximum atomic E-state index is 13.0. The average Bonchev–Trinajstić information content (AvgIpc) is 3.04. The Kier molecular flexibility index (Phi) is 60.3. The van der Waals surface area contributed by atoms with E-state index < -0.39 is 97.5 Å². The van der Waals surface area contributed by atoms with E-state index in [2.05, 4.69) is 55.4 Å². The predicted molar refractivity (Wildman–Crippen MR) is 367 cm³/mol. The summed E-state index contributed by atoms with van der Waals surface area (Å²) in [6.07, 6.45) is 44.4. The summed E-state index contributed by atoms with van der Waals surface area (Å²) < 4.78 is 68.4. The van der Waals surface area contributed by atoms with Crippen molar-refractivity contribution in [3.05, 3.63) is 0 Å². The molecule has 0 aliphatic heterocycles. The largest absolute Gasteiger partial charge is 0.472 e. The molecule has 0 rings (SSSR count). The summed E-state index contributed by atoms with van der Waals surface area (Å²) in [5.41, 5.74) is 0. The van der Waals surface area contributed by atoms with E-state index in [0.29, 0.717) is 25.7 Å². The quantitative estimate of drug-likeness (QED) is 0.0222. The maximum Gasteiger partial charge on any atom is 0.472 e. The zero-order valence-electron chi connectivity index (χ0n) is 59.5. The molecule has 0 bridgehead atoms. The predicted octanol–water partition coefficient (Wildman–Crippen LogP) is 20.5. The van der Waals surface area contributed by atoms with Crippen LogP contribution in [0, 0.1) is 23.7 Å². The monoisotopic (exact) mass is 1340 g/mol. The number of phosphoric ester groups is 2. The Labute approximate surface area is 556 Å². The second-order valence-electron chi connectivity index (χ2n) is 27.9. The fourth-order valence-electron chi connectivity index (χ4n) is 10.8. The Morgan fingerprint density at radius 3 is 0.681 bits per heavy atom. The zero-order chi connectivity index (χ0) is 67.5. The highest BCUT2D eigenvalue weighted by atomic mass is 31.2. The number of esters is 4. The van der Waals surface area contributed by atoms with Gasteiger partial charge in [0.2, 0.25) is 0 Å². The van der Waals surface area contributed by atoms with Crippen LogP contribution in [0.1, 0.15) is 357 Å². The molecule has 0 amide bonds. The highest BCUT2D eigenvalue weighted by Gasteiger charge is 2.30. The van der Waals surface area contributed by atoms with Gasteiger partial charge in [-0.2, -0.15) is 0 Å². The Morgan fingerprint density at radius 1 is 0.275 bits per heavy atom. The van der Waals surface area contributed by atoms with Gasteiger partial charge in [-0.15, -0.1) is 0 Å². The number of carbonyl (C=O) groups excluding carboxylic acids is 4. The maximum absolute atomic E-state index is 13.0. The van der Waals surface area contributed by atoms with Gasteiger partial charge in [-0.1, -0.05) is 306 Å². The number of aliphatic hydroxyl groups is 1. The molecule has 0 aromatic carbocycles. The summed E-state index contributed by atoms with van der Waals surface area (Å²) in [4.78, 5) is 72.7. The van der Waals surface area contributed by atoms with Gasteiger partial charge in [0.15, 0.2) is 12.2 Å². The van der Waals surface area contributed by atoms with E-state index in [9.17, 15) is 43.2 Å². The van der Waals surface area contributed by atoms with Crippen molar-refractivity contribution in [2.45, 2.75) is 375 Å². The Bertz CT molecular complexity index is 1800. The summed E-state index contributed by atoms with van der Waals surface area (Å²) in [6, 6.07) is 0. The molecule has 0 fully saturated rings. The number of phosphoric acid groups is 2. The Balaban J connectivity index is 5.27. The molecule has 0 aromatic rings. The molecular weight excluding hydrogens is 1200 g/mol. The number of hydrogen-bond donors (Lipinski definition) is 3. The molecule has 0 spiro atoms. The van der Waals surface area contributed by atoms with E-state index in [1.807, 2.05) is 0 Å². The number of rotatable bonds is 69. The SMILES string of the molecule is CC(C)CCCCCCCCCCCCC(=O)OC[C@H](COP(=O)(O)OC[C@@H](O)COP(=O)(O)OC[C@@H](COC(=O)CCCCCCCCCCCC(C)C)OC(=O)CCCCCCCCCCCCC(C)C)OC(=O)CCCCCCCCCCCCC(C)C. The first-order chi connectivity index (χ1) is 43.6. The fraction of sp³-hybridized carbons (Fsp3) is 0.944. The summed E-state index contributed by atoms with van der Waals surface area (Å²) in [6.45, 7) is 14.1. The van der Waals surface area contributed by atoms with Crippen LogP contribution in [0.3, 0.4) is 0 Å². The van der Waals surface area contributed by atoms with Crippen molar-refractivity contribution < 1.29 is 80.2 Å². The summed E-state index contributed by atoms with van der Waals surface area (Å²) in [5, 5.41) is 10.6. The molecule has 5 atom stereocenters.